The van der Waals surface area contributed by atoms with Gasteiger partial charge < -0.3 is 29.3 Å². The van der Waals surface area contributed by atoms with Crippen molar-refractivity contribution in [2.75, 3.05) is 63.5 Å². The minimum absolute atomic E-state index is 0. The summed E-state index contributed by atoms with van der Waals surface area (Å²) in [6, 6.07) is 11.0. The predicted molar refractivity (Wildman–Crippen MR) is 174 cm³/mol. The summed E-state index contributed by atoms with van der Waals surface area (Å²) in [6.45, 7) is 4.99. The molecule has 2 heterocycles. The van der Waals surface area contributed by atoms with Crippen LogP contribution < -0.4 is 19.9 Å². The molecule has 12 heteroatoms. The quantitative estimate of drug-likeness (QED) is 0.177. The Kier molecular flexibility index (Phi) is 10.3. The lowest BCUT2D eigenvalue weighted by Gasteiger charge is -2.23. The number of aromatic nitrogens is 3. The molecule has 0 unspecified atom stereocenters. The van der Waals surface area contributed by atoms with Crippen LogP contribution in [0.2, 0.25) is 0 Å². The summed E-state index contributed by atoms with van der Waals surface area (Å²) >= 11 is 0. The van der Waals surface area contributed by atoms with E-state index in [1.165, 1.54) is 13.2 Å². The first kappa shape index (κ1) is 32.8. The molecule has 12 nitrogen and oxygen atoms in total. The normalized spacial score (nSPS) is 11.0. The second kappa shape index (κ2) is 13.5. The molecule has 0 fully saturated rings. The third kappa shape index (κ3) is 6.86. The number of nitrogens with one attached hydrogen (secondary N) is 1. The third-order valence-electron chi connectivity index (χ3n) is 7.14. The molecule has 0 aliphatic carbocycles. The molecule has 1 N–H and O–H groups in total. The summed E-state index contributed by atoms with van der Waals surface area (Å²) in [5.74, 6) is 0.298. The minimum atomic E-state index is -0.413. The smallest absolute Gasteiger partial charge is 0.294 e. The first-order chi connectivity index (χ1) is 19.9. The predicted octanol–water partition coefficient (Wildman–Crippen LogP) is 5.55. The van der Waals surface area contributed by atoms with Crippen molar-refractivity contribution in [2.24, 2.45) is 13.0 Å². The first-order valence-corrected chi connectivity index (χ1v) is 13.6. The van der Waals surface area contributed by atoms with Gasteiger partial charge in [-0.05, 0) is 20.2 Å². The topological polar surface area (TPSA) is 122 Å². The lowest BCUT2D eigenvalue weighted by molar-refractivity contribution is -0.384. The van der Waals surface area contributed by atoms with Crippen LogP contribution in [-0.4, -0.2) is 78.7 Å². The number of hydrogen-bond acceptors (Lipinski definition) is 9. The lowest BCUT2D eigenvalue weighted by Crippen LogP contribution is -2.31. The number of amides is 1. The molecular formula is C31H42N8O4. The number of fused-ring (bicyclic) bond motifs is 1. The molecule has 4 rings (SSSR count). The molecule has 1 amide bonds. The number of nitro benzene ring substituents is 1. The molecule has 0 atom stereocenters. The number of nitro groups is 1. The Labute approximate surface area is 253 Å². The second-order valence-electron chi connectivity index (χ2n) is 10.8. The van der Waals surface area contributed by atoms with Gasteiger partial charge in [-0.15, -0.1) is 0 Å². The van der Waals surface area contributed by atoms with E-state index in [0.717, 1.165) is 23.0 Å². The van der Waals surface area contributed by atoms with E-state index in [9.17, 15) is 14.9 Å². The highest BCUT2D eigenvalue weighted by atomic mass is 16.6. The van der Waals surface area contributed by atoms with Crippen molar-refractivity contribution in [1.29, 1.82) is 0 Å². The maximum Gasteiger partial charge on any atom is 0.294 e. The lowest BCUT2D eigenvalue weighted by atomic mass is 10.1. The molecule has 0 spiro atoms. The Balaban J connectivity index is 0.00000506. The Morgan fingerprint density at radius 1 is 1.12 bits per heavy atom. The van der Waals surface area contributed by atoms with Crippen LogP contribution in [0.5, 0.6) is 5.75 Å². The molecule has 2 aromatic carbocycles. The van der Waals surface area contributed by atoms with Gasteiger partial charge >= 0.3 is 0 Å². The van der Waals surface area contributed by atoms with Gasteiger partial charge in [-0.1, -0.05) is 39.5 Å². The highest BCUT2D eigenvalue weighted by Crippen LogP contribution is 2.40. The van der Waals surface area contributed by atoms with E-state index in [2.05, 4.69) is 10.3 Å². The van der Waals surface area contributed by atoms with Gasteiger partial charge in [-0.3, -0.25) is 14.9 Å². The molecule has 43 heavy (non-hydrogen) atoms. The largest absolute Gasteiger partial charge is 0.494 e. The number of carbonyl (C=O) groups is 1. The van der Waals surface area contributed by atoms with Gasteiger partial charge in [0.05, 0.1) is 29.6 Å². The van der Waals surface area contributed by atoms with Gasteiger partial charge in [0.2, 0.25) is 11.9 Å². The number of methoxy groups -OCH3 is 1. The van der Waals surface area contributed by atoms with Crippen molar-refractivity contribution in [1.82, 2.24) is 19.4 Å². The van der Waals surface area contributed by atoms with Crippen molar-refractivity contribution < 1.29 is 14.5 Å². The summed E-state index contributed by atoms with van der Waals surface area (Å²) in [7, 11) is 10.9. The van der Waals surface area contributed by atoms with Crippen molar-refractivity contribution >= 4 is 45.5 Å². The molecule has 0 saturated heterocycles. The number of para-hydroxylation sites is 1. The fraction of sp³-hybridized carbons (Fsp3) is 0.387. The maximum atomic E-state index is 13.0. The second-order valence-corrected chi connectivity index (χ2v) is 10.8. The summed E-state index contributed by atoms with van der Waals surface area (Å²) in [6.07, 6.45) is 3.56. The van der Waals surface area contributed by atoms with Crippen LogP contribution in [0.25, 0.3) is 22.2 Å². The molecule has 2 aromatic heterocycles. The zero-order chi connectivity index (χ0) is 30.7. The van der Waals surface area contributed by atoms with E-state index >= 15 is 0 Å². The SMILES string of the molecule is C.COc1cc(N(C)CCN(C)C)c([N+](=O)[O-])cc1Nc1ncc(N(C)C(=O)C(C)C)c(-c2cn(C)c3ccccc23)n1. The van der Waals surface area contributed by atoms with Gasteiger partial charge in [0.25, 0.3) is 5.69 Å². The molecule has 0 bridgehead atoms. The highest BCUT2D eigenvalue weighted by molar-refractivity contribution is 6.02. The van der Waals surface area contributed by atoms with Crippen LogP contribution >= 0.6 is 0 Å². The summed E-state index contributed by atoms with van der Waals surface area (Å²) in [5, 5.41) is 16.2. The maximum absolute atomic E-state index is 13.0. The van der Waals surface area contributed by atoms with Crippen LogP contribution in [0.15, 0.2) is 48.8 Å². The number of aryl methyl sites for hydroxylation is 1. The molecule has 0 radical (unpaired) electrons. The number of rotatable bonds is 11. The van der Waals surface area contributed by atoms with E-state index < -0.39 is 4.92 Å². The van der Waals surface area contributed by atoms with Gasteiger partial charge in [-0.2, -0.15) is 0 Å². The zero-order valence-electron chi connectivity index (χ0n) is 25.4. The Morgan fingerprint density at radius 2 is 1.81 bits per heavy atom. The average Bonchev–Trinajstić information content (AvgIpc) is 3.30. The fourth-order valence-electron chi connectivity index (χ4n) is 4.78. The molecule has 0 saturated carbocycles. The summed E-state index contributed by atoms with van der Waals surface area (Å²) in [4.78, 5) is 39.4. The van der Waals surface area contributed by atoms with Crippen LogP contribution in [-0.2, 0) is 11.8 Å². The van der Waals surface area contributed by atoms with Crippen LogP contribution in [0.1, 0.15) is 21.3 Å². The number of hydrogen-bond donors (Lipinski definition) is 1. The molecule has 0 aliphatic rings. The monoisotopic (exact) mass is 590 g/mol. The standard InChI is InChI=1S/C30H38N8O4.CH4/c1-19(2)29(39)37(7)26-17-31-30(33-28(26)21-18-36(6)23-12-10-9-11-20(21)23)32-22-15-25(38(40)41)24(16-27(22)42-8)35(5)14-13-34(3)4;/h9-12,15-19H,13-14H2,1-8H3,(H,31,32,33);1H4. The molecule has 230 valence electrons. The van der Waals surface area contributed by atoms with E-state index in [1.54, 1.807) is 24.2 Å². The average molecular weight is 591 g/mol. The van der Waals surface area contributed by atoms with Crippen molar-refractivity contribution in [3.8, 4) is 17.0 Å². The van der Waals surface area contributed by atoms with E-state index in [1.807, 2.05) is 86.9 Å². The van der Waals surface area contributed by atoms with Crippen molar-refractivity contribution in [2.45, 2.75) is 21.3 Å². The number of ether oxygens (including phenoxy) is 1. The first-order valence-electron chi connectivity index (χ1n) is 13.6. The molecular weight excluding hydrogens is 548 g/mol. The zero-order valence-corrected chi connectivity index (χ0v) is 25.4. The number of nitrogens with zero attached hydrogens (tertiary/aromatic N) is 7. The number of benzene rings is 2. The highest BCUT2D eigenvalue weighted by Gasteiger charge is 2.25. The van der Waals surface area contributed by atoms with E-state index in [4.69, 9.17) is 9.72 Å². The van der Waals surface area contributed by atoms with E-state index in [0.29, 0.717) is 35.1 Å². The van der Waals surface area contributed by atoms with Crippen LogP contribution in [0.3, 0.4) is 0 Å². The van der Waals surface area contributed by atoms with Crippen molar-refractivity contribution in [3.05, 3.63) is 58.9 Å². The van der Waals surface area contributed by atoms with Crippen molar-refractivity contribution in [3.63, 3.8) is 0 Å². The Bertz CT molecular complexity index is 1620. The van der Waals surface area contributed by atoms with Gasteiger partial charge in [0.1, 0.15) is 17.1 Å². The van der Waals surface area contributed by atoms with E-state index in [-0.39, 0.29) is 30.9 Å². The van der Waals surface area contributed by atoms with Crippen LogP contribution in [0.4, 0.5) is 28.7 Å². The number of carbonyl (C=O) groups excluding carboxylic acids is 1. The van der Waals surface area contributed by atoms with Gasteiger partial charge in [0.15, 0.2) is 0 Å². The minimum Gasteiger partial charge on any atom is -0.494 e. The number of likely N-dealkylation sites (N-methyl/N-ethyl adjacent to an activating group) is 2. The number of anilines is 4. The molecule has 4 aromatic rings. The Morgan fingerprint density at radius 3 is 2.44 bits per heavy atom. The van der Waals surface area contributed by atoms with Gasteiger partial charge in [0, 0.05) is 74.9 Å². The van der Waals surface area contributed by atoms with Gasteiger partial charge in [-0.25, -0.2) is 9.97 Å². The Hall–Kier alpha value is -4.71. The molecule has 0 aliphatic heterocycles. The fourth-order valence-corrected chi connectivity index (χ4v) is 4.78. The summed E-state index contributed by atoms with van der Waals surface area (Å²) in [5.41, 5.74) is 3.64. The third-order valence-corrected chi connectivity index (χ3v) is 7.14. The van der Waals surface area contributed by atoms with Crippen LogP contribution in [0, 0.1) is 16.0 Å². The summed E-state index contributed by atoms with van der Waals surface area (Å²) < 4.78 is 7.64.